The molecule has 112 valence electrons. The van der Waals surface area contributed by atoms with Crippen molar-refractivity contribution in [2.24, 2.45) is 13.0 Å². The Morgan fingerprint density at radius 1 is 1.48 bits per heavy atom. The molecular weight excluding hydrogens is 284 g/mol. The maximum Gasteiger partial charge on any atom is 0.121 e. The molecule has 2 saturated heterocycles. The first kappa shape index (κ1) is 13.4. The molecule has 0 unspecified atom stereocenters. The number of hydrogen-bond donors (Lipinski definition) is 0. The fourth-order valence-electron chi connectivity index (χ4n) is 3.50. The van der Waals surface area contributed by atoms with Crippen molar-refractivity contribution in [3.63, 3.8) is 0 Å². The van der Waals surface area contributed by atoms with E-state index in [1.54, 1.807) is 11.3 Å². The second kappa shape index (κ2) is 5.51. The van der Waals surface area contributed by atoms with Crippen molar-refractivity contribution >= 4 is 11.3 Å². The molecule has 0 saturated carbocycles. The van der Waals surface area contributed by atoms with Gasteiger partial charge in [-0.2, -0.15) is 5.10 Å². The third-order valence-electron chi connectivity index (χ3n) is 4.53. The van der Waals surface area contributed by atoms with Crippen LogP contribution in [0.1, 0.15) is 29.5 Å². The molecule has 2 fully saturated rings. The third kappa shape index (κ3) is 2.75. The molecule has 0 N–H and O–H groups in total. The van der Waals surface area contributed by atoms with Gasteiger partial charge in [0.15, 0.2) is 0 Å². The summed E-state index contributed by atoms with van der Waals surface area (Å²) in [7, 11) is 1.97. The van der Waals surface area contributed by atoms with Gasteiger partial charge in [0.1, 0.15) is 11.1 Å². The number of aromatic nitrogens is 3. The standard InChI is InChI=1S/C15H20N4OS/c1-18-8-11(7-17-18)9-19-4-2-12-6-13(20-14(12)10-19)15-16-3-5-21-15/h3,5,7-8,12-14H,2,4,6,9-10H2,1H3/t12-,13-,14-/m0/s1. The average Bonchev–Trinajstić information content (AvgIpc) is 3.18. The molecule has 2 aliphatic rings. The Morgan fingerprint density at radius 2 is 2.43 bits per heavy atom. The zero-order valence-electron chi connectivity index (χ0n) is 12.2. The van der Waals surface area contributed by atoms with Crippen LogP contribution in [0.5, 0.6) is 0 Å². The van der Waals surface area contributed by atoms with Crippen molar-refractivity contribution in [3.8, 4) is 0 Å². The molecule has 6 heteroatoms. The van der Waals surface area contributed by atoms with Gasteiger partial charge in [-0.25, -0.2) is 4.98 Å². The smallest absolute Gasteiger partial charge is 0.121 e. The monoisotopic (exact) mass is 304 g/mol. The van der Waals surface area contributed by atoms with Crippen molar-refractivity contribution < 1.29 is 4.74 Å². The summed E-state index contributed by atoms with van der Waals surface area (Å²) in [6.45, 7) is 3.16. The number of aryl methyl sites for hydroxylation is 1. The molecule has 21 heavy (non-hydrogen) atoms. The van der Waals surface area contributed by atoms with E-state index in [-0.39, 0.29) is 6.10 Å². The quantitative estimate of drug-likeness (QED) is 0.872. The summed E-state index contributed by atoms with van der Waals surface area (Å²) in [5.41, 5.74) is 1.28. The van der Waals surface area contributed by atoms with Crippen molar-refractivity contribution in [1.82, 2.24) is 19.7 Å². The van der Waals surface area contributed by atoms with Gasteiger partial charge in [-0.15, -0.1) is 11.3 Å². The minimum Gasteiger partial charge on any atom is -0.366 e. The van der Waals surface area contributed by atoms with E-state index in [9.17, 15) is 0 Å². The maximum absolute atomic E-state index is 6.27. The van der Waals surface area contributed by atoms with E-state index in [1.807, 2.05) is 29.5 Å². The number of piperidine rings is 1. The van der Waals surface area contributed by atoms with E-state index in [2.05, 4.69) is 21.2 Å². The fourth-order valence-corrected chi connectivity index (χ4v) is 4.19. The lowest BCUT2D eigenvalue weighted by Gasteiger charge is -2.33. The van der Waals surface area contributed by atoms with E-state index < -0.39 is 0 Å². The predicted molar refractivity (Wildman–Crippen MR) is 80.9 cm³/mol. The van der Waals surface area contributed by atoms with Crippen LogP contribution in [0.25, 0.3) is 0 Å². The number of fused-ring (bicyclic) bond motifs is 1. The van der Waals surface area contributed by atoms with Crippen LogP contribution in [0.15, 0.2) is 24.0 Å². The summed E-state index contributed by atoms with van der Waals surface area (Å²) in [5.74, 6) is 0.698. The van der Waals surface area contributed by atoms with Crippen molar-refractivity contribution in [2.75, 3.05) is 13.1 Å². The zero-order valence-corrected chi connectivity index (χ0v) is 13.0. The van der Waals surface area contributed by atoms with Crippen LogP contribution in [0.3, 0.4) is 0 Å². The Bertz CT molecular complexity index is 597. The minimum atomic E-state index is 0.221. The van der Waals surface area contributed by atoms with Gasteiger partial charge in [0, 0.05) is 43.5 Å². The number of hydrogen-bond acceptors (Lipinski definition) is 5. The predicted octanol–water partition coefficient (Wildman–Crippen LogP) is 2.23. The van der Waals surface area contributed by atoms with Crippen molar-refractivity contribution in [2.45, 2.75) is 31.6 Å². The number of thiazole rings is 1. The summed E-state index contributed by atoms with van der Waals surface area (Å²) in [4.78, 5) is 6.90. The summed E-state index contributed by atoms with van der Waals surface area (Å²) in [6, 6.07) is 0. The first-order chi connectivity index (χ1) is 10.3. The molecule has 0 amide bonds. The molecule has 2 aromatic rings. The Balaban J connectivity index is 1.39. The van der Waals surface area contributed by atoms with Gasteiger partial charge in [0.05, 0.1) is 12.3 Å². The highest BCUT2D eigenvalue weighted by molar-refractivity contribution is 7.09. The van der Waals surface area contributed by atoms with Gasteiger partial charge in [-0.3, -0.25) is 9.58 Å². The summed E-state index contributed by atoms with van der Waals surface area (Å²) in [6.07, 6.45) is 8.88. The minimum absolute atomic E-state index is 0.221. The summed E-state index contributed by atoms with van der Waals surface area (Å²) >= 11 is 1.71. The van der Waals surface area contributed by atoms with Crippen molar-refractivity contribution in [3.05, 3.63) is 34.5 Å². The topological polar surface area (TPSA) is 43.2 Å². The van der Waals surface area contributed by atoms with Crippen molar-refractivity contribution in [1.29, 1.82) is 0 Å². The summed E-state index contributed by atoms with van der Waals surface area (Å²) < 4.78 is 8.14. The van der Waals surface area contributed by atoms with E-state index in [4.69, 9.17) is 4.74 Å². The zero-order chi connectivity index (χ0) is 14.2. The van der Waals surface area contributed by atoms with Gasteiger partial charge in [0.2, 0.25) is 0 Å². The molecule has 3 atom stereocenters. The molecule has 0 aromatic carbocycles. The normalized spacial score (nSPS) is 29.7. The molecule has 2 aliphatic heterocycles. The second-order valence-corrected chi connectivity index (χ2v) is 7.00. The van der Waals surface area contributed by atoms with Crippen LogP contribution in [0.4, 0.5) is 0 Å². The van der Waals surface area contributed by atoms with Crippen LogP contribution in [-0.2, 0) is 18.3 Å². The van der Waals surface area contributed by atoms with Crippen LogP contribution >= 0.6 is 11.3 Å². The second-order valence-electron chi connectivity index (χ2n) is 6.08. The van der Waals surface area contributed by atoms with Gasteiger partial charge in [-0.05, 0) is 25.3 Å². The number of rotatable bonds is 3. The molecule has 2 aromatic heterocycles. The largest absolute Gasteiger partial charge is 0.366 e. The SMILES string of the molecule is Cn1cc(CN2CC[C@H]3C[C@@H](c4nccs4)O[C@H]3C2)cn1. The molecule has 5 nitrogen and oxygen atoms in total. The maximum atomic E-state index is 6.27. The summed E-state index contributed by atoms with van der Waals surface area (Å²) in [5, 5.41) is 7.43. The van der Waals surface area contributed by atoms with E-state index >= 15 is 0 Å². The number of nitrogens with zero attached hydrogens (tertiary/aromatic N) is 4. The first-order valence-electron chi connectivity index (χ1n) is 7.52. The van der Waals surface area contributed by atoms with Gasteiger partial charge in [0.25, 0.3) is 0 Å². The van der Waals surface area contributed by atoms with Gasteiger partial charge >= 0.3 is 0 Å². The molecular formula is C15H20N4OS. The molecule has 0 bridgehead atoms. The van der Waals surface area contributed by atoms with E-state index in [0.717, 1.165) is 31.1 Å². The first-order valence-corrected chi connectivity index (χ1v) is 8.40. The Hall–Kier alpha value is -1.24. The molecule has 0 radical (unpaired) electrons. The Kier molecular flexibility index (Phi) is 3.52. The highest BCUT2D eigenvalue weighted by Gasteiger charge is 2.40. The lowest BCUT2D eigenvalue weighted by atomic mass is 9.92. The Labute approximate surface area is 128 Å². The van der Waals surface area contributed by atoms with Gasteiger partial charge < -0.3 is 4.74 Å². The third-order valence-corrected chi connectivity index (χ3v) is 5.39. The number of likely N-dealkylation sites (tertiary alicyclic amines) is 1. The van der Waals surface area contributed by atoms with Crippen LogP contribution in [-0.4, -0.2) is 38.9 Å². The van der Waals surface area contributed by atoms with Gasteiger partial charge in [-0.1, -0.05) is 0 Å². The fraction of sp³-hybridized carbons (Fsp3) is 0.600. The van der Waals surface area contributed by atoms with Crippen LogP contribution < -0.4 is 0 Å². The van der Waals surface area contributed by atoms with Crippen LogP contribution in [0.2, 0.25) is 0 Å². The highest BCUT2D eigenvalue weighted by Crippen LogP contribution is 2.41. The lowest BCUT2D eigenvalue weighted by Crippen LogP contribution is -2.41. The number of ether oxygens (including phenoxy) is 1. The van der Waals surface area contributed by atoms with E-state index in [0.29, 0.717) is 12.0 Å². The molecule has 0 aliphatic carbocycles. The molecule has 4 rings (SSSR count). The lowest BCUT2D eigenvalue weighted by molar-refractivity contribution is -0.00939. The molecule has 0 spiro atoms. The van der Waals surface area contributed by atoms with Crippen LogP contribution in [0, 0.1) is 5.92 Å². The molecule has 4 heterocycles. The Morgan fingerprint density at radius 3 is 3.19 bits per heavy atom. The highest BCUT2D eigenvalue weighted by atomic mass is 32.1. The average molecular weight is 304 g/mol. The van der Waals surface area contributed by atoms with E-state index in [1.165, 1.54) is 12.0 Å².